The Hall–Kier alpha value is -1.24. The lowest BCUT2D eigenvalue weighted by Crippen LogP contribution is -2.33. The van der Waals surface area contributed by atoms with Crippen LogP contribution in [0.3, 0.4) is 0 Å². The van der Waals surface area contributed by atoms with Crippen LogP contribution < -0.4 is 4.90 Å². The molecule has 0 saturated carbocycles. The van der Waals surface area contributed by atoms with Gasteiger partial charge in [0, 0.05) is 25.2 Å². The van der Waals surface area contributed by atoms with Crippen LogP contribution in [0.1, 0.15) is 24.8 Å². The lowest BCUT2D eigenvalue weighted by Gasteiger charge is -2.29. The van der Waals surface area contributed by atoms with Gasteiger partial charge in [-0.3, -0.25) is 0 Å². The summed E-state index contributed by atoms with van der Waals surface area (Å²) in [6, 6.07) is 7.54. The largest absolute Gasteiger partial charge is 0.376 e. The highest BCUT2D eigenvalue weighted by Gasteiger charge is 2.17. The first-order chi connectivity index (χ1) is 8.70. The molecule has 0 N–H and O–H groups in total. The summed E-state index contributed by atoms with van der Waals surface area (Å²) >= 11 is 5.99. The van der Waals surface area contributed by atoms with Crippen molar-refractivity contribution in [2.24, 2.45) is 0 Å². The van der Waals surface area contributed by atoms with Crippen LogP contribution in [0.15, 0.2) is 18.2 Å². The molecule has 2 rings (SSSR count). The Morgan fingerprint density at radius 1 is 1.50 bits per heavy atom. The van der Waals surface area contributed by atoms with E-state index in [1.807, 2.05) is 13.1 Å². The van der Waals surface area contributed by atoms with Gasteiger partial charge in [0.05, 0.1) is 17.4 Å². The third-order valence-corrected chi connectivity index (χ3v) is 3.48. The highest BCUT2D eigenvalue weighted by atomic mass is 35.5. The zero-order valence-electron chi connectivity index (χ0n) is 10.5. The Labute approximate surface area is 113 Å². The summed E-state index contributed by atoms with van der Waals surface area (Å²) in [5, 5.41) is 9.77. The molecule has 3 nitrogen and oxygen atoms in total. The van der Waals surface area contributed by atoms with E-state index in [0.717, 1.165) is 31.7 Å². The molecule has 1 fully saturated rings. The molecule has 96 valence electrons. The molecule has 1 atom stereocenters. The number of ether oxygens (including phenoxy) is 1. The van der Waals surface area contributed by atoms with Crippen LogP contribution in [0.25, 0.3) is 0 Å². The SMILES string of the molecule is CN(CC1CCCCO1)c1cc(Cl)ccc1C#N. The van der Waals surface area contributed by atoms with Gasteiger partial charge in [-0.25, -0.2) is 0 Å². The fourth-order valence-electron chi connectivity index (χ4n) is 2.27. The predicted octanol–water partition coefficient (Wildman–Crippen LogP) is 3.22. The molecule has 0 radical (unpaired) electrons. The zero-order valence-corrected chi connectivity index (χ0v) is 11.3. The van der Waals surface area contributed by atoms with Gasteiger partial charge in [0.15, 0.2) is 0 Å². The summed E-state index contributed by atoms with van der Waals surface area (Å²) in [7, 11) is 1.98. The summed E-state index contributed by atoms with van der Waals surface area (Å²) in [5.74, 6) is 0. The predicted molar refractivity (Wildman–Crippen MR) is 73.0 cm³/mol. The number of halogens is 1. The first kappa shape index (κ1) is 13.2. The minimum absolute atomic E-state index is 0.259. The number of nitriles is 1. The summed E-state index contributed by atoms with van der Waals surface area (Å²) < 4.78 is 5.72. The molecule has 0 aromatic heterocycles. The van der Waals surface area contributed by atoms with E-state index in [9.17, 15) is 0 Å². The molecule has 4 heteroatoms. The summed E-state index contributed by atoms with van der Waals surface area (Å²) in [6.45, 7) is 1.65. The zero-order chi connectivity index (χ0) is 13.0. The van der Waals surface area contributed by atoms with E-state index in [-0.39, 0.29) is 6.10 Å². The second-order valence-electron chi connectivity index (χ2n) is 4.64. The molecule has 0 bridgehead atoms. The van der Waals surface area contributed by atoms with E-state index in [4.69, 9.17) is 21.6 Å². The van der Waals surface area contributed by atoms with Gasteiger partial charge in [0.25, 0.3) is 0 Å². The van der Waals surface area contributed by atoms with Crippen LogP contribution in [0.4, 0.5) is 5.69 Å². The number of hydrogen-bond donors (Lipinski definition) is 0. The van der Waals surface area contributed by atoms with Crippen molar-refractivity contribution in [3.63, 3.8) is 0 Å². The molecule has 1 aromatic rings. The van der Waals surface area contributed by atoms with E-state index in [2.05, 4.69) is 11.0 Å². The smallest absolute Gasteiger partial charge is 0.101 e. The third-order valence-electron chi connectivity index (χ3n) is 3.24. The number of likely N-dealkylation sites (N-methyl/N-ethyl adjacent to an activating group) is 1. The molecule has 0 amide bonds. The van der Waals surface area contributed by atoms with E-state index in [0.29, 0.717) is 10.6 Å². The molecular weight excluding hydrogens is 248 g/mol. The molecular formula is C14H17ClN2O. The van der Waals surface area contributed by atoms with Crippen molar-refractivity contribution < 1.29 is 4.74 Å². The maximum absolute atomic E-state index is 9.11. The molecule has 18 heavy (non-hydrogen) atoms. The van der Waals surface area contributed by atoms with E-state index in [1.54, 1.807) is 12.1 Å². The number of anilines is 1. The van der Waals surface area contributed by atoms with Crippen LogP contribution in [0, 0.1) is 11.3 Å². The van der Waals surface area contributed by atoms with E-state index in [1.165, 1.54) is 6.42 Å². The van der Waals surface area contributed by atoms with Crippen LogP contribution >= 0.6 is 11.6 Å². The monoisotopic (exact) mass is 264 g/mol. The topological polar surface area (TPSA) is 36.3 Å². The van der Waals surface area contributed by atoms with Gasteiger partial charge in [0.1, 0.15) is 6.07 Å². The van der Waals surface area contributed by atoms with Gasteiger partial charge >= 0.3 is 0 Å². The van der Waals surface area contributed by atoms with Crippen molar-refractivity contribution in [1.82, 2.24) is 0 Å². The van der Waals surface area contributed by atoms with Crippen molar-refractivity contribution in [3.8, 4) is 6.07 Å². The first-order valence-electron chi connectivity index (χ1n) is 6.23. The molecule has 1 heterocycles. The lowest BCUT2D eigenvalue weighted by atomic mass is 10.1. The van der Waals surface area contributed by atoms with Crippen molar-refractivity contribution in [2.75, 3.05) is 25.1 Å². The average Bonchev–Trinajstić information content (AvgIpc) is 2.40. The summed E-state index contributed by atoms with van der Waals surface area (Å²) in [6.07, 6.45) is 3.72. The lowest BCUT2D eigenvalue weighted by molar-refractivity contribution is 0.0216. The van der Waals surface area contributed by atoms with E-state index >= 15 is 0 Å². The number of hydrogen-bond acceptors (Lipinski definition) is 3. The average molecular weight is 265 g/mol. The van der Waals surface area contributed by atoms with Crippen LogP contribution in [-0.4, -0.2) is 26.3 Å². The normalized spacial score (nSPS) is 19.3. The molecule has 0 aliphatic carbocycles. The molecule has 1 unspecified atom stereocenters. The van der Waals surface area contributed by atoms with Gasteiger partial charge < -0.3 is 9.64 Å². The van der Waals surface area contributed by atoms with Gasteiger partial charge in [-0.2, -0.15) is 5.26 Å². The van der Waals surface area contributed by atoms with Crippen LogP contribution in [-0.2, 0) is 4.74 Å². The first-order valence-corrected chi connectivity index (χ1v) is 6.61. The standard InChI is InChI=1S/C14H17ClN2O/c1-17(10-13-4-2-3-7-18-13)14-8-12(15)6-5-11(14)9-16/h5-6,8,13H,2-4,7,10H2,1H3. The highest BCUT2D eigenvalue weighted by molar-refractivity contribution is 6.30. The maximum atomic E-state index is 9.11. The Morgan fingerprint density at radius 2 is 2.33 bits per heavy atom. The molecule has 0 spiro atoms. The second-order valence-corrected chi connectivity index (χ2v) is 5.08. The molecule has 1 aromatic carbocycles. The number of rotatable bonds is 3. The summed E-state index contributed by atoms with van der Waals surface area (Å²) in [4.78, 5) is 2.06. The fourth-order valence-corrected chi connectivity index (χ4v) is 2.44. The fraction of sp³-hybridized carbons (Fsp3) is 0.500. The van der Waals surface area contributed by atoms with Gasteiger partial charge in [-0.1, -0.05) is 11.6 Å². The third kappa shape index (κ3) is 3.16. The Bertz CT molecular complexity index is 450. The van der Waals surface area contributed by atoms with Gasteiger partial charge in [-0.05, 0) is 37.5 Å². The molecule has 1 saturated heterocycles. The van der Waals surface area contributed by atoms with Crippen molar-refractivity contribution in [2.45, 2.75) is 25.4 Å². The Morgan fingerprint density at radius 3 is 3.00 bits per heavy atom. The molecule has 1 aliphatic heterocycles. The van der Waals surface area contributed by atoms with Crippen LogP contribution in [0.2, 0.25) is 5.02 Å². The van der Waals surface area contributed by atoms with Crippen molar-refractivity contribution in [3.05, 3.63) is 28.8 Å². The Balaban J connectivity index is 2.10. The van der Waals surface area contributed by atoms with Crippen LogP contribution in [0.5, 0.6) is 0 Å². The van der Waals surface area contributed by atoms with E-state index < -0.39 is 0 Å². The van der Waals surface area contributed by atoms with Gasteiger partial charge in [0.2, 0.25) is 0 Å². The van der Waals surface area contributed by atoms with Crippen molar-refractivity contribution in [1.29, 1.82) is 5.26 Å². The maximum Gasteiger partial charge on any atom is 0.101 e. The highest BCUT2D eigenvalue weighted by Crippen LogP contribution is 2.25. The molecule has 1 aliphatic rings. The van der Waals surface area contributed by atoms with Gasteiger partial charge in [-0.15, -0.1) is 0 Å². The van der Waals surface area contributed by atoms with Crippen molar-refractivity contribution >= 4 is 17.3 Å². The second kappa shape index (κ2) is 6.08. The number of benzene rings is 1. The minimum Gasteiger partial charge on any atom is -0.376 e. The summed E-state index contributed by atoms with van der Waals surface area (Å²) in [5.41, 5.74) is 1.52. The quantitative estimate of drug-likeness (QED) is 0.841. The Kier molecular flexibility index (Phi) is 4.46. The number of nitrogens with zero attached hydrogens (tertiary/aromatic N) is 2. The minimum atomic E-state index is 0.259.